The molecule has 0 bridgehead atoms. The number of esters is 1. The number of thiocarbonyl (C=S) groups is 1. The summed E-state index contributed by atoms with van der Waals surface area (Å²) in [7, 11) is 0. The zero-order valence-corrected chi connectivity index (χ0v) is 24.3. The third kappa shape index (κ3) is 5.21. The summed E-state index contributed by atoms with van der Waals surface area (Å²) in [5.41, 5.74) is 6.61. The van der Waals surface area contributed by atoms with E-state index in [1.807, 2.05) is 86.9 Å². The van der Waals surface area contributed by atoms with Gasteiger partial charge in [-0.2, -0.15) is 0 Å². The standard InChI is InChI=1S/C33H29N3O4S/c1-20-11-12-28(17-21(20)2)36-32(39)30(31(38)35(33(36)41)26-9-7-6-8-10-26)19-25-18-22(3)34(23(25)4)27-13-15-29(16-14-27)40-24(5)37/h6-19H,1-5H3. The van der Waals surface area contributed by atoms with Crippen LogP contribution in [0.2, 0.25) is 0 Å². The van der Waals surface area contributed by atoms with E-state index < -0.39 is 11.8 Å². The molecular formula is C33H29N3O4S. The maximum Gasteiger partial charge on any atom is 0.308 e. The van der Waals surface area contributed by atoms with Gasteiger partial charge in [-0.3, -0.25) is 24.2 Å². The zero-order chi connectivity index (χ0) is 29.4. The number of benzene rings is 3. The molecule has 2 heterocycles. The van der Waals surface area contributed by atoms with E-state index in [9.17, 15) is 14.4 Å². The van der Waals surface area contributed by atoms with Crippen LogP contribution in [0.4, 0.5) is 11.4 Å². The Hall–Kier alpha value is -4.82. The maximum absolute atomic E-state index is 14.0. The molecule has 3 aromatic carbocycles. The molecule has 0 aliphatic carbocycles. The summed E-state index contributed by atoms with van der Waals surface area (Å²) in [6.07, 6.45) is 1.64. The minimum absolute atomic E-state index is 0.00568. The van der Waals surface area contributed by atoms with Crippen LogP contribution in [-0.4, -0.2) is 27.5 Å². The number of rotatable bonds is 5. The fourth-order valence-electron chi connectivity index (χ4n) is 4.94. The molecule has 4 aromatic rings. The molecule has 0 saturated carbocycles. The summed E-state index contributed by atoms with van der Waals surface area (Å²) in [4.78, 5) is 42.0. The van der Waals surface area contributed by atoms with Crippen LogP contribution in [0.25, 0.3) is 11.8 Å². The summed E-state index contributed by atoms with van der Waals surface area (Å²) < 4.78 is 7.17. The SMILES string of the molecule is CC(=O)Oc1ccc(-n2c(C)cc(C=C3C(=O)N(c4ccccc4)C(=S)N(c4ccc(C)c(C)c4)C3=O)c2C)cc1. The lowest BCUT2D eigenvalue weighted by atomic mass is 10.0. The van der Waals surface area contributed by atoms with Gasteiger partial charge in [0, 0.05) is 24.0 Å². The van der Waals surface area contributed by atoms with Crippen molar-refractivity contribution in [2.75, 3.05) is 9.80 Å². The van der Waals surface area contributed by atoms with Gasteiger partial charge in [-0.15, -0.1) is 0 Å². The fraction of sp³-hybridized carbons (Fsp3) is 0.152. The molecule has 1 aliphatic heterocycles. The number of para-hydroxylation sites is 1. The van der Waals surface area contributed by atoms with Gasteiger partial charge in [0.15, 0.2) is 5.11 Å². The number of nitrogens with zero attached hydrogens (tertiary/aromatic N) is 3. The third-order valence-corrected chi connectivity index (χ3v) is 7.50. The van der Waals surface area contributed by atoms with Crippen LogP contribution in [0, 0.1) is 27.7 Å². The van der Waals surface area contributed by atoms with Gasteiger partial charge in [-0.1, -0.05) is 24.3 Å². The van der Waals surface area contributed by atoms with Gasteiger partial charge in [-0.25, -0.2) is 0 Å². The van der Waals surface area contributed by atoms with Crippen molar-refractivity contribution in [2.24, 2.45) is 0 Å². The van der Waals surface area contributed by atoms with Crippen LogP contribution < -0.4 is 14.5 Å². The Morgan fingerprint density at radius 3 is 1.98 bits per heavy atom. The minimum atomic E-state index is -0.484. The van der Waals surface area contributed by atoms with Crippen molar-refractivity contribution < 1.29 is 19.1 Å². The van der Waals surface area contributed by atoms with Crippen LogP contribution in [0.3, 0.4) is 0 Å². The molecule has 1 aliphatic rings. The van der Waals surface area contributed by atoms with Crippen LogP contribution in [0.15, 0.2) is 84.4 Å². The second-order valence-corrected chi connectivity index (χ2v) is 10.3. The van der Waals surface area contributed by atoms with Crippen molar-refractivity contribution in [3.8, 4) is 11.4 Å². The van der Waals surface area contributed by atoms with Crippen molar-refractivity contribution >= 4 is 52.6 Å². The largest absolute Gasteiger partial charge is 0.427 e. The third-order valence-electron chi connectivity index (χ3n) is 7.14. The van der Waals surface area contributed by atoms with Crippen molar-refractivity contribution in [3.63, 3.8) is 0 Å². The Balaban J connectivity index is 1.61. The van der Waals surface area contributed by atoms with Crippen LogP contribution >= 0.6 is 12.2 Å². The number of carbonyl (C=O) groups is 3. The molecular weight excluding hydrogens is 534 g/mol. The van der Waals surface area contributed by atoms with Gasteiger partial charge in [0.05, 0.1) is 11.4 Å². The molecule has 0 unspecified atom stereocenters. The molecule has 8 heteroatoms. The molecule has 0 spiro atoms. The van der Waals surface area contributed by atoms with E-state index in [1.54, 1.807) is 30.3 Å². The van der Waals surface area contributed by atoms with Crippen molar-refractivity contribution in [1.82, 2.24) is 4.57 Å². The molecule has 1 saturated heterocycles. The first-order valence-corrected chi connectivity index (χ1v) is 13.5. The lowest BCUT2D eigenvalue weighted by molar-refractivity contribution is -0.132. The highest BCUT2D eigenvalue weighted by molar-refractivity contribution is 7.81. The fourth-order valence-corrected chi connectivity index (χ4v) is 5.32. The molecule has 1 fully saturated rings. The quantitative estimate of drug-likeness (QED) is 0.0926. The van der Waals surface area contributed by atoms with Crippen LogP contribution in [0.5, 0.6) is 5.75 Å². The molecule has 0 N–H and O–H groups in total. The van der Waals surface area contributed by atoms with Gasteiger partial charge >= 0.3 is 5.97 Å². The first kappa shape index (κ1) is 27.7. The van der Waals surface area contributed by atoms with E-state index >= 15 is 0 Å². The van der Waals surface area contributed by atoms with Crippen molar-refractivity contribution in [3.05, 3.63) is 113 Å². The maximum atomic E-state index is 14.0. The van der Waals surface area contributed by atoms with Gasteiger partial charge < -0.3 is 9.30 Å². The van der Waals surface area contributed by atoms with E-state index in [2.05, 4.69) is 0 Å². The average molecular weight is 564 g/mol. The van der Waals surface area contributed by atoms with E-state index in [4.69, 9.17) is 17.0 Å². The lowest BCUT2D eigenvalue weighted by Crippen LogP contribution is -2.57. The van der Waals surface area contributed by atoms with Gasteiger partial charge in [0.1, 0.15) is 11.3 Å². The predicted molar refractivity (Wildman–Crippen MR) is 164 cm³/mol. The average Bonchev–Trinajstić information content (AvgIpc) is 3.21. The summed E-state index contributed by atoms with van der Waals surface area (Å²) in [5.74, 6) is -0.902. The number of hydrogen-bond donors (Lipinski definition) is 0. The Labute approximate surface area is 244 Å². The van der Waals surface area contributed by atoms with E-state index in [0.29, 0.717) is 17.1 Å². The van der Waals surface area contributed by atoms with Crippen LogP contribution in [-0.2, 0) is 14.4 Å². The first-order chi connectivity index (χ1) is 19.6. The highest BCUT2D eigenvalue weighted by Crippen LogP contribution is 2.32. The van der Waals surface area contributed by atoms with Gasteiger partial charge in [0.25, 0.3) is 11.8 Å². The van der Waals surface area contributed by atoms with Crippen molar-refractivity contribution in [1.29, 1.82) is 0 Å². The molecule has 0 atom stereocenters. The number of aromatic nitrogens is 1. The molecule has 7 nitrogen and oxygen atoms in total. The molecule has 5 rings (SSSR count). The molecule has 2 amide bonds. The van der Waals surface area contributed by atoms with E-state index in [0.717, 1.165) is 33.8 Å². The predicted octanol–water partition coefficient (Wildman–Crippen LogP) is 6.38. The summed E-state index contributed by atoms with van der Waals surface area (Å²) in [5, 5.41) is 0.102. The summed E-state index contributed by atoms with van der Waals surface area (Å²) in [6, 6.07) is 23.9. The van der Waals surface area contributed by atoms with Gasteiger partial charge in [0.2, 0.25) is 0 Å². The normalized spacial score (nSPS) is 14.7. The Morgan fingerprint density at radius 1 is 0.756 bits per heavy atom. The topological polar surface area (TPSA) is 71.8 Å². The second-order valence-electron chi connectivity index (χ2n) is 9.98. The minimum Gasteiger partial charge on any atom is -0.427 e. The molecule has 41 heavy (non-hydrogen) atoms. The Morgan fingerprint density at radius 2 is 1.37 bits per heavy atom. The number of carbonyl (C=O) groups excluding carboxylic acids is 3. The highest BCUT2D eigenvalue weighted by atomic mass is 32.1. The second kappa shape index (κ2) is 11.0. The Bertz CT molecular complexity index is 1740. The first-order valence-electron chi connectivity index (χ1n) is 13.1. The number of anilines is 2. The summed E-state index contributed by atoms with van der Waals surface area (Å²) in [6.45, 7) is 9.21. The number of amides is 2. The van der Waals surface area contributed by atoms with Crippen molar-refractivity contribution in [2.45, 2.75) is 34.6 Å². The number of aryl methyl sites for hydroxylation is 3. The number of ether oxygens (including phenoxy) is 1. The van der Waals surface area contributed by atoms with E-state index in [1.165, 1.54) is 16.7 Å². The highest BCUT2D eigenvalue weighted by Gasteiger charge is 2.41. The van der Waals surface area contributed by atoms with Gasteiger partial charge in [-0.05, 0) is 117 Å². The lowest BCUT2D eigenvalue weighted by Gasteiger charge is -2.36. The summed E-state index contributed by atoms with van der Waals surface area (Å²) >= 11 is 5.76. The number of hydrogen-bond acceptors (Lipinski definition) is 5. The Kier molecular flexibility index (Phi) is 7.43. The molecule has 1 aromatic heterocycles. The molecule has 0 radical (unpaired) electrons. The van der Waals surface area contributed by atoms with E-state index in [-0.39, 0.29) is 16.7 Å². The molecule has 206 valence electrons. The van der Waals surface area contributed by atoms with Crippen LogP contribution in [0.1, 0.15) is 35.0 Å². The monoisotopic (exact) mass is 563 g/mol. The smallest absolute Gasteiger partial charge is 0.308 e. The zero-order valence-electron chi connectivity index (χ0n) is 23.5.